The number of hydrogen-bond donors (Lipinski definition) is 2. The van der Waals surface area contributed by atoms with Gasteiger partial charge in [0.25, 0.3) is 5.91 Å². The molecule has 0 aromatic heterocycles. The zero-order chi connectivity index (χ0) is 17.0. The van der Waals surface area contributed by atoms with Gasteiger partial charge >= 0.3 is 0 Å². The number of benzene rings is 2. The number of nitrogens with one attached hydrogen (secondary N) is 1. The summed E-state index contributed by atoms with van der Waals surface area (Å²) < 4.78 is 13.5. The SMILES string of the molecule is CC(C)[C@@H](NC(=O)c1ccc(F)cc1Br)[C@@H](O)c1ccccc1. The maximum atomic E-state index is 13.1. The molecule has 2 aromatic carbocycles. The van der Waals surface area contributed by atoms with Crippen LogP contribution >= 0.6 is 15.9 Å². The number of carbonyl (C=O) groups excluding carboxylic acids is 1. The van der Waals surface area contributed by atoms with E-state index in [9.17, 15) is 14.3 Å². The molecule has 0 unspecified atom stereocenters. The first-order valence-electron chi connectivity index (χ1n) is 7.39. The number of carbonyl (C=O) groups is 1. The lowest BCUT2D eigenvalue weighted by Crippen LogP contribution is -2.43. The molecular weight excluding hydrogens is 361 g/mol. The van der Waals surface area contributed by atoms with E-state index >= 15 is 0 Å². The average Bonchev–Trinajstić information content (AvgIpc) is 2.52. The molecule has 2 rings (SSSR count). The first-order chi connectivity index (χ1) is 10.9. The summed E-state index contributed by atoms with van der Waals surface area (Å²) in [4.78, 5) is 12.5. The van der Waals surface area contributed by atoms with Gasteiger partial charge in [-0.3, -0.25) is 4.79 Å². The molecule has 2 aromatic rings. The molecule has 0 radical (unpaired) electrons. The molecule has 0 bridgehead atoms. The zero-order valence-electron chi connectivity index (χ0n) is 13.0. The van der Waals surface area contributed by atoms with E-state index in [-0.39, 0.29) is 11.8 Å². The molecule has 0 aliphatic carbocycles. The highest BCUT2D eigenvalue weighted by Gasteiger charge is 2.26. The molecule has 0 fully saturated rings. The van der Waals surface area contributed by atoms with Crippen molar-refractivity contribution in [1.29, 1.82) is 0 Å². The molecule has 2 atom stereocenters. The Balaban J connectivity index is 2.21. The Morgan fingerprint density at radius 1 is 1.17 bits per heavy atom. The molecule has 5 heteroatoms. The predicted molar refractivity (Wildman–Crippen MR) is 91.6 cm³/mol. The summed E-state index contributed by atoms with van der Waals surface area (Å²) in [5.74, 6) is -0.753. The highest BCUT2D eigenvalue weighted by atomic mass is 79.9. The van der Waals surface area contributed by atoms with E-state index in [1.807, 2.05) is 44.2 Å². The number of amides is 1. The lowest BCUT2D eigenvalue weighted by atomic mass is 9.93. The van der Waals surface area contributed by atoms with E-state index in [1.165, 1.54) is 18.2 Å². The predicted octanol–water partition coefficient (Wildman–Crippen LogP) is 4.08. The summed E-state index contributed by atoms with van der Waals surface area (Å²) in [6, 6.07) is 12.6. The second kappa shape index (κ2) is 7.70. The fourth-order valence-corrected chi connectivity index (χ4v) is 2.90. The highest BCUT2D eigenvalue weighted by molar-refractivity contribution is 9.10. The van der Waals surface area contributed by atoms with Crippen molar-refractivity contribution in [2.75, 3.05) is 0 Å². The molecule has 0 aliphatic heterocycles. The Hall–Kier alpha value is -1.72. The maximum absolute atomic E-state index is 13.1. The molecule has 0 heterocycles. The third kappa shape index (κ3) is 4.39. The van der Waals surface area contributed by atoms with Crippen LogP contribution in [0, 0.1) is 11.7 Å². The number of halogens is 2. The molecule has 122 valence electrons. The minimum atomic E-state index is -0.820. The van der Waals surface area contributed by atoms with Gasteiger partial charge in [-0.1, -0.05) is 44.2 Å². The van der Waals surface area contributed by atoms with Crippen LogP contribution < -0.4 is 5.32 Å². The lowest BCUT2D eigenvalue weighted by Gasteiger charge is -2.28. The monoisotopic (exact) mass is 379 g/mol. The van der Waals surface area contributed by atoms with Crippen LogP contribution in [0.3, 0.4) is 0 Å². The van der Waals surface area contributed by atoms with Crippen molar-refractivity contribution in [2.24, 2.45) is 5.92 Å². The Labute approximate surface area is 143 Å². The van der Waals surface area contributed by atoms with Crippen LogP contribution in [0.15, 0.2) is 53.0 Å². The number of hydrogen-bond acceptors (Lipinski definition) is 2. The molecule has 0 saturated heterocycles. The quantitative estimate of drug-likeness (QED) is 0.822. The minimum Gasteiger partial charge on any atom is -0.386 e. The van der Waals surface area contributed by atoms with Crippen LogP contribution in [0.25, 0.3) is 0 Å². The van der Waals surface area contributed by atoms with Crippen molar-refractivity contribution in [3.63, 3.8) is 0 Å². The van der Waals surface area contributed by atoms with Crippen molar-refractivity contribution in [3.8, 4) is 0 Å². The van der Waals surface area contributed by atoms with Crippen molar-refractivity contribution in [3.05, 3.63) is 69.9 Å². The summed E-state index contributed by atoms with van der Waals surface area (Å²) in [6.07, 6.45) is -0.820. The molecule has 0 aliphatic rings. The standard InChI is InChI=1S/C18H19BrFNO2/c1-11(2)16(17(22)12-6-4-3-5-7-12)21-18(23)14-9-8-13(20)10-15(14)19/h3-11,16-17,22H,1-2H3,(H,21,23)/t16-,17+/m1/s1. The Morgan fingerprint density at radius 3 is 2.39 bits per heavy atom. The molecule has 0 saturated carbocycles. The van der Waals surface area contributed by atoms with Crippen molar-refractivity contribution >= 4 is 21.8 Å². The normalized spacial score (nSPS) is 13.7. The number of rotatable bonds is 5. The lowest BCUT2D eigenvalue weighted by molar-refractivity contribution is 0.0759. The van der Waals surface area contributed by atoms with Gasteiger partial charge in [-0.05, 0) is 45.6 Å². The van der Waals surface area contributed by atoms with E-state index in [4.69, 9.17) is 0 Å². The summed E-state index contributed by atoms with van der Waals surface area (Å²) in [7, 11) is 0. The Morgan fingerprint density at radius 2 is 1.83 bits per heavy atom. The van der Waals surface area contributed by atoms with E-state index in [1.54, 1.807) is 0 Å². The second-order valence-electron chi connectivity index (χ2n) is 5.72. The largest absolute Gasteiger partial charge is 0.386 e. The Kier molecular flexibility index (Phi) is 5.91. The van der Waals surface area contributed by atoms with Crippen LogP contribution in [-0.2, 0) is 0 Å². The third-order valence-corrected chi connectivity index (χ3v) is 4.33. The van der Waals surface area contributed by atoms with Gasteiger partial charge in [-0.15, -0.1) is 0 Å². The van der Waals surface area contributed by atoms with Gasteiger partial charge in [0.2, 0.25) is 0 Å². The minimum absolute atomic E-state index is 0.0216. The first kappa shape index (κ1) is 17.6. The Bertz CT molecular complexity index is 676. The molecule has 23 heavy (non-hydrogen) atoms. The van der Waals surface area contributed by atoms with E-state index < -0.39 is 18.0 Å². The highest BCUT2D eigenvalue weighted by Crippen LogP contribution is 2.23. The van der Waals surface area contributed by atoms with Crippen molar-refractivity contribution < 1.29 is 14.3 Å². The van der Waals surface area contributed by atoms with Crippen LogP contribution in [-0.4, -0.2) is 17.1 Å². The van der Waals surface area contributed by atoms with Gasteiger partial charge in [0.1, 0.15) is 5.82 Å². The smallest absolute Gasteiger partial charge is 0.252 e. The number of aliphatic hydroxyl groups excluding tert-OH is 1. The molecule has 0 spiro atoms. The number of aliphatic hydroxyl groups is 1. The topological polar surface area (TPSA) is 49.3 Å². The van der Waals surface area contributed by atoms with Gasteiger partial charge in [0, 0.05) is 4.47 Å². The van der Waals surface area contributed by atoms with Crippen LogP contribution in [0.1, 0.15) is 35.9 Å². The fourth-order valence-electron chi connectivity index (χ4n) is 2.37. The van der Waals surface area contributed by atoms with Gasteiger partial charge in [0.15, 0.2) is 0 Å². The summed E-state index contributed by atoms with van der Waals surface area (Å²) >= 11 is 3.19. The zero-order valence-corrected chi connectivity index (χ0v) is 14.5. The van der Waals surface area contributed by atoms with Crippen LogP contribution in [0.5, 0.6) is 0 Å². The summed E-state index contributed by atoms with van der Waals surface area (Å²) in [5, 5.41) is 13.4. The van der Waals surface area contributed by atoms with Gasteiger partial charge in [0.05, 0.1) is 17.7 Å². The molecule has 1 amide bonds. The second-order valence-corrected chi connectivity index (χ2v) is 6.58. The molecular formula is C18H19BrFNO2. The van der Waals surface area contributed by atoms with Gasteiger partial charge in [-0.25, -0.2) is 4.39 Å². The van der Waals surface area contributed by atoms with E-state index in [2.05, 4.69) is 21.2 Å². The van der Waals surface area contributed by atoms with Gasteiger partial charge in [-0.2, -0.15) is 0 Å². The van der Waals surface area contributed by atoms with E-state index in [0.29, 0.717) is 10.0 Å². The summed E-state index contributed by atoms with van der Waals surface area (Å²) in [6.45, 7) is 3.85. The van der Waals surface area contributed by atoms with Crippen molar-refractivity contribution in [2.45, 2.75) is 26.0 Å². The fraction of sp³-hybridized carbons (Fsp3) is 0.278. The maximum Gasteiger partial charge on any atom is 0.252 e. The third-order valence-electron chi connectivity index (χ3n) is 3.67. The van der Waals surface area contributed by atoms with Crippen LogP contribution in [0.4, 0.5) is 4.39 Å². The van der Waals surface area contributed by atoms with Crippen molar-refractivity contribution in [1.82, 2.24) is 5.32 Å². The molecule has 3 nitrogen and oxygen atoms in total. The van der Waals surface area contributed by atoms with E-state index in [0.717, 1.165) is 5.56 Å². The first-order valence-corrected chi connectivity index (χ1v) is 8.18. The van der Waals surface area contributed by atoms with Gasteiger partial charge < -0.3 is 10.4 Å². The summed E-state index contributed by atoms with van der Waals surface area (Å²) in [5.41, 5.74) is 1.07. The average molecular weight is 380 g/mol. The molecule has 2 N–H and O–H groups in total. The van der Waals surface area contributed by atoms with Crippen LogP contribution in [0.2, 0.25) is 0 Å².